The molecule has 0 atom stereocenters. The number of carbonyl (C=O) groups is 1. The van der Waals surface area contributed by atoms with Crippen LogP contribution in [0.1, 0.15) is 30.9 Å². The lowest BCUT2D eigenvalue weighted by Gasteiger charge is -2.35. The second-order valence-electron chi connectivity index (χ2n) is 7.57. The Hall–Kier alpha value is -2.30. The maximum absolute atomic E-state index is 12.5. The van der Waals surface area contributed by atoms with Gasteiger partial charge in [-0.3, -0.25) is 4.79 Å². The summed E-state index contributed by atoms with van der Waals surface area (Å²) in [5, 5.41) is 3.66. The number of amides is 1. The molecule has 148 valence electrons. The first-order valence-electron chi connectivity index (χ1n) is 9.75. The van der Waals surface area contributed by atoms with Crippen LogP contribution in [0.2, 0.25) is 5.02 Å². The Balaban J connectivity index is 1.71. The summed E-state index contributed by atoms with van der Waals surface area (Å²) < 4.78 is 0. The lowest BCUT2D eigenvalue weighted by atomic mass is 10.0. The van der Waals surface area contributed by atoms with Gasteiger partial charge in [-0.15, -0.1) is 0 Å². The number of nitrogens with one attached hydrogen (secondary N) is 1. The van der Waals surface area contributed by atoms with E-state index in [0.29, 0.717) is 10.9 Å². The lowest BCUT2D eigenvalue weighted by molar-refractivity contribution is -0.111. The van der Waals surface area contributed by atoms with Gasteiger partial charge >= 0.3 is 0 Å². The minimum atomic E-state index is -0.161. The molecule has 1 aliphatic heterocycles. The van der Waals surface area contributed by atoms with Crippen LogP contribution in [0.15, 0.2) is 48.5 Å². The summed E-state index contributed by atoms with van der Waals surface area (Å²) in [6.07, 6.45) is 3.40. The zero-order chi connectivity index (χ0) is 20.1. The van der Waals surface area contributed by atoms with Crippen molar-refractivity contribution in [1.82, 2.24) is 4.90 Å². The molecular formula is C23H28ClN3O. The van der Waals surface area contributed by atoms with E-state index in [1.807, 2.05) is 36.4 Å². The summed E-state index contributed by atoms with van der Waals surface area (Å²) in [4.78, 5) is 17.0. The molecule has 1 fully saturated rings. The van der Waals surface area contributed by atoms with Crippen LogP contribution in [-0.2, 0) is 4.79 Å². The molecule has 1 heterocycles. The zero-order valence-electron chi connectivity index (χ0n) is 16.8. The van der Waals surface area contributed by atoms with Gasteiger partial charge in [0.05, 0.1) is 16.4 Å². The van der Waals surface area contributed by atoms with Gasteiger partial charge in [0, 0.05) is 32.3 Å². The minimum absolute atomic E-state index is 0.161. The number of hydrogen-bond donors (Lipinski definition) is 1. The Morgan fingerprint density at radius 3 is 2.39 bits per heavy atom. The SMILES string of the molecule is CC(C)c1ccc(/C=C/C(=O)Nc2cccc(Cl)c2N2CCN(C)CC2)cc1. The second-order valence-corrected chi connectivity index (χ2v) is 7.98. The Morgan fingerprint density at radius 2 is 1.75 bits per heavy atom. The average Bonchev–Trinajstić information content (AvgIpc) is 2.68. The maximum Gasteiger partial charge on any atom is 0.248 e. The van der Waals surface area contributed by atoms with E-state index in [4.69, 9.17) is 11.6 Å². The molecule has 0 spiro atoms. The van der Waals surface area contributed by atoms with Gasteiger partial charge in [-0.05, 0) is 42.3 Å². The summed E-state index contributed by atoms with van der Waals surface area (Å²) >= 11 is 6.47. The molecule has 0 saturated carbocycles. The van der Waals surface area contributed by atoms with Crippen LogP contribution >= 0.6 is 11.6 Å². The van der Waals surface area contributed by atoms with Crippen molar-refractivity contribution in [2.75, 3.05) is 43.4 Å². The quantitative estimate of drug-likeness (QED) is 0.731. The van der Waals surface area contributed by atoms with Crippen molar-refractivity contribution in [3.05, 3.63) is 64.7 Å². The molecule has 28 heavy (non-hydrogen) atoms. The highest BCUT2D eigenvalue weighted by molar-refractivity contribution is 6.34. The molecule has 2 aromatic carbocycles. The van der Waals surface area contributed by atoms with E-state index in [2.05, 4.69) is 48.1 Å². The smallest absolute Gasteiger partial charge is 0.248 e. The molecule has 1 amide bonds. The third-order valence-electron chi connectivity index (χ3n) is 5.09. The molecule has 0 aromatic heterocycles. The normalized spacial score (nSPS) is 15.4. The monoisotopic (exact) mass is 397 g/mol. The summed E-state index contributed by atoms with van der Waals surface area (Å²) in [6.45, 7) is 8.07. The lowest BCUT2D eigenvalue weighted by Crippen LogP contribution is -2.44. The van der Waals surface area contributed by atoms with Crippen molar-refractivity contribution in [3.63, 3.8) is 0 Å². The van der Waals surface area contributed by atoms with Crippen molar-refractivity contribution in [2.24, 2.45) is 0 Å². The van der Waals surface area contributed by atoms with Crippen molar-refractivity contribution < 1.29 is 4.79 Å². The van der Waals surface area contributed by atoms with Crippen LogP contribution in [0.4, 0.5) is 11.4 Å². The molecule has 4 nitrogen and oxygen atoms in total. The second kappa shape index (κ2) is 9.26. The van der Waals surface area contributed by atoms with E-state index in [1.54, 1.807) is 6.08 Å². The number of halogens is 1. The number of para-hydroxylation sites is 1. The van der Waals surface area contributed by atoms with Gasteiger partial charge in [0.15, 0.2) is 0 Å². The molecule has 0 unspecified atom stereocenters. The van der Waals surface area contributed by atoms with Gasteiger partial charge in [0.1, 0.15) is 0 Å². The largest absolute Gasteiger partial charge is 0.366 e. The van der Waals surface area contributed by atoms with Gasteiger partial charge in [-0.2, -0.15) is 0 Å². The molecule has 0 aliphatic carbocycles. The van der Waals surface area contributed by atoms with Crippen molar-refractivity contribution >= 4 is 35.0 Å². The fourth-order valence-electron chi connectivity index (χ4n) is 3.31. The van der Waals surface area contributed by atoms with Gasteiger partial charge in [0.2, 0.25) is 5.91 Å². The first-order valence-corrected chi connectivity index (χ1v) is 10.1. The van der Waals surface area contributed by atoms with E-state index in [9.17, 15) is 4.79 Å². The summed E-state index contributed by atoms with van der Waals surface area (Å²) in [6, 6.07) is 13.9. The molecule has 1 N–H and O–H groups in total. The van der Waals surface area contributed by atoms with Crippen molar-refractivity contribution in [2.45, 2.75) is 19.8 Å². The highest BCUT2D eigenvalue weighted by Crippen LogP contribution is 2.34. The Morgan fingerprint density at radius 1 is 1.07 bits per heavy atom. The fraction of sp³-hybridized carbons (Fsp3) is 0.348. The van der Waals surface area contributed by atoms with E-state index >= 15 is 0 Å². The Bertz CT molecular complexity index is 837. The number of rotatable bonds is 5. The third kappa shape index (κ3) is 5.15. The number of carbonyl (C=O) groups excluding carboxylic acids is 1. The van der Waals surface area contributed by atoms with Crippen LogP contribution in [-0.4, -0.2) is 44.0 Å². The third-order valence-corrected chi connectivity index (χ3v) is 5.40. The topological polar surface area (TPSA) is 35.6 Å². The summed E-state index contributed by atoms with van der Waals surface area (Å²) in [5.41, 5.74) is 3.95. The first kappa shape index (κ1) is 20.4. The van der Waals surface area contributed by atoms with Gasteiger partial charge in [-0.25, -0.2) is 0 Å². The molecule has 2 aromatic rings. The number of hydrogen-bond acceptors (Lipinski definition) is 3. The molecule has 0 bridgehead atoms. The van der Waals surface area contributed by atoms with E-state index < -0.39 is 0 Å². The van der Waals surface area contributed by atoms with Gasteiger partial charge < -0.3 is 15.1 Å². The van der Waals surface area contributed by atoms with E-state index in [1.165, 1.54) is 5.56 Å². The summed E-state index contributed by atoms with van der Waals surface area (Å²) in [7, 11) is 2.12. The zero-order valence-corrected chi connectivity index (χ0v) is 17.5. The molecule has 5 heteroatoms. The van der Waals surface area contributed by atoms with Gasteiger partial charge in [0.25, 0.3) is 0 Å². The average molecular weight is 398 g/mol. The predicted molar refractivity (Wildman–Crippen MR) is 119 cm³/mol. The van der Waals surface area contributed by atoms with Gasteiger partial charge in [-0.1, -0.05) is 55.8 Å². The van der Waals surface area contributed by atoms with Crippen LogP contribution < -0.4 is 10.2 Å². The highest BCUT2D eigenvalue weighted by Gasteiger charge is 2.20. The maximum atomic E-state index is 12.5. The number of anilines is 2. The summed E-state index contributed by atoms with van der Waals surface area (Å²) in [5.74, 6) is 0.336. The standard InChI is InChI=1S/C23H28ClN3O/c1-17(2)19-10-7-18(8-11-19)9-12-22(28)25-21-6-4-5-20(24)23(21)27-15-13-26(3)14-16-27/h4-12,17H,13-16H2,1-3H3,(H,25,28)/b12-9+. The minimum Gasteiger partial charge on any atom is -0.366 e. The molecule has 1 saturated heterocycles. The Labute approximate surface area is 172 Å². The number of benzene rings is 2. The van der Waals surface area contributed by atoms with E-state index in [0.717, 1.165) is 43.1 Å². The molecular weight excluding hydrogens is 370 g/mol. The predicted octanol–water partition coefficient (Wildman–Crippen LogP) is 4.87. The fourth-order valence-corrected chi connectivity index (χ4v) is 3.60. The van der Waals surface area contributed by atoms with Crippen LogP contribution in [0.25, 0.3) is 6.08 Å². The Kier molecular flexibility index (Phi) is 6.76. The molecule has 0 radical (unpaired) electrons. The van der Waals surface area contributed by atoms with Crippen LogP contribution in [0.3, 0.4) is 0 Å². The van der Waals surface area contributed by atoms with Crippen LogP contribution in [0, 0.1) is 0 Å². The van der Waals surface area contributed by atoms with Crippen molar-refractivity contribution in [3.8, 4) is 0 Å². The number of nitrogens with zero attached hydrogens (tertiary/aromatic N) is 2. The first-order chi connectivity index (χ1) is 13.4. The molecule has 1 aliphatic rings. The highest BCUT2D eigenvalue weighted by atomic mass is 35.5. The van der Waals surface area contributed by atoms with E-state index in [-0.39, 0.29) is 5.91 Å². The molecule has 3 rings (SSSR count). The number of piperazine rings is 1. The number of likely N-dealkylation sites (N-methyl/N-ethyl adjacent to an activating group) is 1. The van der Waals surface area contributed by atoms with Crippen molar-refractivity contribution in [1.29, 1.82) is 0 Å². The van der Waals surface area contributed by atoms with Crippen LogP contribution in [0.5, 0.6) is 0 Å².